The molecule has 2 aromatic heterocycles. The summed E-state index contributed by atoms with van der Waals surface area (Å²) < 4.78 is 24.1. The Morgan fingerprint density at radius 3 is 2.41 bits per heavy atom. The average Bonchev–Trinajstić information content (AvgIpc) is 2.97. The third-order valence-corrected chi connectivity index (χ3v) is 13.2. The number of carbonyl (C=O) groups excluding carboxylic acids is 1. The number of ether oxygens (including phenoxy) is 3. The Morgan fingerprint density at radius 1 is 1.07 bits per heavy atom. The Balaban J connectivity index is 2.17. The predicted molar refractivity (Wildman–Crippen MR) is 185 cm³/mol. The van der Waals surface area contributed by atoms with E-state index in [2.05, 4.69) is 74.3 Å². The molecule has 0 aliphatic rings. The van der Waals surface area contributed by atoms with Crippen molar-refractivity contribution in [3.8, 4) is 11.5 Å². The molecule has 0 aliphatic carbocycles. The number of hydrogen-bond acceptors (Lipinski definition) is 9. The van der Waals surface area contributed by atoms with E-state index in [1.807, 2.05) is 24.3 Å². The number of nitrogens with zero attached hydrogens (tertiary/aromatic N) is 2. The molecule has 2 N–H and O–H groups in total. The lowest BCUT2D eigenvalue weighted by atomic mass is 9.94. The number of carbonyl (C=O) groups is 1. The topological polar surface area (TPSA) is 104 Å². The second-order valence-corrected chi connectivity index (χ2v) is 18.5. The van der Waals surface area contributed by atoms with Crippen molar-refractivity contribution in [2.75, 3.05) is 38.1 Å². The number of halogens is 1. The van der Waals surface area contributed by atoms with Crippen molar-refractivity contribution in [3.05, 3.63) is 46.1 Å². The fourth-order valence-electron chi connectivity index (χ4n) is 4.54. The number of unbranched alkanes of at least 4 members (excludes halogenated alkanes) is 1. The van der Waals surface area contributed by atoms with E-state index < -0.39 is 19.8 Å². The number of anilines is 2. The van der Waals surface area contributed by atoms with E-state index >= 15 is 0 Å². The highest BCUT2D eigenvalue weighted by Gasteiger charge is 2.40. The van der Waals surface area contributed by atoms with Crippen LogP contribution in [0, 0.1) is 0 Å². The Kier molecular flexibility index (Phi) is 12.1. The smallest absolute Gasteiger partial charge is 0.344 e. The van der Waals surface area contributed by atoms with Gasteiger partial charge < -0.3 is 29.3 Å². The van der Waals surface area contributed by atoms with Gasteiger partial charge in [0.15, 0.2) is 8.32 Å². The normalized spacial score (nSPS) is 13.3. The lowest BCUT2D eigenvalue weighted by molar-refractivity contribution is 0.0528. The second kappa shape index (κ2) is 14.9. The number of esters is 1. The van der Waals surface area contributed by atoms with Crippen LogP contribution in [0.25, 0.3) is 11.0 Å². The third-order valence-electron chi connectivity index (χ3n) is 8.28. The highest BCUT2D eigenvalue weighted by molar-refractivity contribution is 9.10. The van der Waals surface area contributed by atoms with Crippen LogP contribution in [0.2, 0.25) is 18.1 Å². The first-order valence-electron chi connectivity index (χ1n) is 15.2. The molecule has 0 fully saturated rings. The van der Waals surface area contributed by atoms with Crippen molar-refractivity contribution in [1.82, 2.24) is 9.97 Å². The van der Waals surface area contributed by atoms with Gasteiger partial charge in [-0.2, -0.15) is 0 Å². The van der Waals surface area contributed by atoms with E-state index in [0.29, 0.717) is 52.8 Å². The van der Waals surface area contributed by atoms with Crippen LogP contribution in [-0.4, -0.2) is 57.2 Å². The number of rotatable bonds is 15. The van der Waals surface area contributed by atoms with Gasteiger partial charge in [0, 0.05) is 28.8 Å². The van der Waals surface area contributed by atoms with Gasteiger partial charge in [-0.1, -0.05) is 40.5 Å². The number of fused-ring (bicyclic) bond motifs is 1. The summed E-state index contributed by atoms with van der Waals surface area (Å²) in [7, 11) is 1.17. The number of nitrogens with one attached hydrogen (secondary N) is 2. The lowest BCUT2D eigenvalue weighted by Gasteiger charge is -2.41. The van der Waals surface area contributed by atoms with Gasteiger partial charge in [-0.15, -0.1) is 0 Å². The van der Waals surface area contributed by atoms with Crippen LogP contribution in [0.4, 0.5) is 11.5 Å². The Labute approximate surface area is 272 Å². The van der Waals surface area contributed by atoms with E-state index in [0.717, 1.165) is 29.3 Å². The highest BCUT2D eigenvalue weighted by Crippen LogP contribution is 2.39. The van der Waals surface area contributed by atoms with Crippen LogP contribution in [0.15, 0.2) is 34.9 Å². The summed E-state index contributed by atoms with van der Waals surface area (Å²) >= 11 is 3.54. The zero-order valence-electron chi connectivity index (χ0n) is 27.9. The largest absolute Gasteiger partial charge is 0.497 e. The van der Waals surface area contributed by atoms with Gasteiger partial charge in [-0.05, 0) is 72.5 Å². The van der Waals surface area contributed by atoms with Crippen molar-refractivity contribution >= 4 is 52.8 Å². The maximum atomic E-state index is 13.7. The minimum Gasteiger partial charge on any atom is -0.497 e. The average molecular weight is 690 g/mol. The van der Waals surface area contributed by atoms with Gasteiger partial charge in [-0.25, -0.2) is 9.78 Å². The molecule has 0 radical (unpaired) electrons. The molecule has 3 aromatic rings. The summed E-state index contributed by atoms with van der Waals surface area (Å²) in [5.41, 5.74) is 2.47. The SMILES string of the molecule is CCCCC(C)(CO[Si](C)(C)C(C)(C)C)Nc1c(C(=O)OCC)c(NCc2ccc(OC)cc2OC)nc2cc(Br)cnc12. The molecule has 0 saturated carbocycles. The van der Waals surface area contributed by atoms with Crippen molar-refractivity contribution in [2.24, 2.45) is 0 Å². The third kappa shape index (κ3) is 8.63. The van der Waals surface area contributed by atoms with Crippen LogP contribution >= 0.6 is 15.9 Å². The van der Waals surface area contributed by atoms with Gasteiger partial charge in [0.2, 0.25) is 0 Å². The van der Waals surface area contributed by atoms with Crippen LogP contribution in [0.3, 0.4) is 0 Å². The molecular formula is C33H49BrN4O5Si. The lowest BCUT2D eigenvalue weighted by Crippen LogP contribution is -2.48. The highest BCUT2D eigenvalue weighted by atomic mass is 79.9. The van der Waals surface area contributed by atoms with Gasteiger partial charge >= 0.3 is 5.97 Å². The van der Waals surface area contributed by atoms with Gasteiger partial charge in [0.05, 0.1) is 44.2 Å². The number of pyridine rings is 2. The summed E-state index contributed by atoms with van der Waals surface area (Å²) in [4.78, 5) is 23.3. The van der Waals surface area contributed by atoms with Crippen molar-refractivity contribution in [2.45, 2.75) is 91.0 Å². The summed E-state index contributed by atoms with van der Waals surface area (Å²) in [5.74, 6) is 1.25. The quantitative estimate of drug-likeness (QED) is 0.120. The molecule has 242 valence electrons. The molecule has 0 amide bonds. The van der Waals surface area contributed by atoms with E-state index in [4.69, 9.17) is 28.6 Å². The maximum absolute atomic E-state index is 13.7. The molecule has 0 spiro atoms. The van der Waals surface area contributed by atoms with Gasteiger partial charge in [0.1, 0.15) is 28.4 Å². The van der Waals surface area contributed by atoms with E-state index in [-0.39, 0.29) is 11.6 Å². The first-order chi connectivity index (χ1) is 20.7. The second-order valence-electron chi connectivity index (χ2n) is 12.8. The molecule has 3 rings (SSSR count). The van der Waals surface area contributed by atoms with Crippen LogP contribution in [0.1, 0.15) is 76.7 Å². The number of hydrogen-bond donors (Lipinski definition) is 2. The summed E-state index contributed by atoms with van der Waals surface area (Å²) in [6, 6.07) is 7.52. The predicted octanol–water partition coefficient (Wildman–Crippen LogP) is 8.58. The van der Waals surface area contributed by atoms with E-state index in [9.17, 15) is 4.79 Å². The monoisotopic (exact) mass is 688 g/mol. The summed E-state index contributed by atoms with van der Waals surface area (Å²) in [5, 5.41) is 7.22. The Morgan fingerprint density at radius 2 is 1.80 bits per heavy atom. The molecule has 0 aliphatic heterocycles. The molecule has 0 bridgehead atoms. The Hall–Kier alpha value is -2.89. The van der Waals surface area contributed by atoms with Crippen LogP contribution in [-0.2, 0) is 15.7 Å². The van der Waals surface area contributed by atoms with Crippen LogP contribution < -0.4 is 20.1 Å². The molecular weight excluding hydrogens is 640 g/mol. The molecule has 1 aromatic carbocycles. The number of aromatic nitrogens is 2. The minimum absolute atomic E-state index is 0.0611. The fraction of sp³-hybridized carbons (Fsp3) is 0.545. The fourth-order valence-corrected chi connectivity index (χ4v) is 5.98. The molecule has 1 unspecified atom stereocenters. The van der Waals surface area contributed by atoms with Crippen molar-refractivity contribution < 1.29 is 23.4 Å². The molecule has 1 atom stereocenters. The Bertz CT molecular complexity index is 1450. The number of benzene rings is 1. The zero-order chi connectivity index (χ0) is 32.7. The zero-order valence-corrected chi connectivity index (χ0v) is 30.5. The van der Waals surface area contributed by atoms with Gasteiger partial charge in [0.25, 0.3) is 0 Å². The first-order valence-corrected chi connectivity index (χ1v) is 18.9. The summed E-state index contributed by atoms with van der Waals surface area (Å²) in [6.45, 7) is 18.4. The maximum Gasteiger partial charge on any atom is 0.344 e. The molecule has 9 nitrogen and oxygen atoms in total. The minimum atomic E-state index is -2.06. The standard InChI is InChI=1S/C33H49BrN4O5Si/c1-11-13-16-33(6,21-43-44(9,10)32(3,4)5)38-29-27(31(39)42-12-2)30(37-25-17-23(34)20-35-28(25)29)36-19-22-14-15-24(40-7)18-26(22)41-8/h14-15,17-18,20H,11-13,16,19,21H2,1-10H3,(H2,36,37,38). The van der Waals surface area contributed by atoms with Crippen molar-refractivity contribution in [1.29, 1.82) is 0 Å². The first kappa shape index (κ1) is 35.6. The number of methoxy groups -OCH3 is 2. The van der Waals surface area contributed by atoms with E-state index in [1.54, 1.807) is 27.3 Å². The van der Waals surface area contributed by atoms with Crippen LogP contribution in [0.5, 0.6) is 11.5 Å². The molecule has 11 heteroatoms. The van der Waals surface area contributed by atoms with Crippen molar-refractivity contribution in [3.63, 3.8) is 0 Å². The molecule has 2 heterocycles. The molecule has 44 heavy (non-hydrogen) atoms. The molecule has 0 saturated heterocycles. The van der Waals surface area contributed by atoms with Gasteiger partial charge in [-0.3, -0.25) is 4.98 Å². The van der Waals surface area contributed by atoms with E-state index in [1.165, 1.54) is 0 Å². The summed E-state index contributed by atoms with van der Waals surface area (Å²) in [6.07, 6.45) is 4.58.